The van der Waals surface area contributed by atoms with E-state index < -0.39 is 0 Å². The molecule has 1 fully saturated rings. The minimum atomic E-state index is -0.190. The largest absolute Gasteiger partial charge is 0.497 e. The van der Waals surface area contributed by atoms with Gasteiger partial charge in [0.1, 0.15) is 11.5 Å². The van der Waals surface area contributed by atoms with Crippen LogP contribution in [0.2, 0.25) is 0 Å². The summed E-state index contributed by atoms with van der Waals surface area (Å²) in [6.07, 6.45) is 2.22. The first-order valence-corrected chi connectivity index (χ1v) is 9.57. The van der Waals surface area contributed by atoms with Crippen molar-refractivity contribution in [1.82, 2.24) is 5.32 Å². The lowest BCUT2D eigenvalue weighted by atomic mass is 10.0. The summed E-state index contributed by atoms with van der Waals surface area (Å²) in [7, 11) is 1.63. The molecule has 6 heteroatoms. The third kappa shape index (κ3) is 4.82. The molecule has 1 N–H and O–H groups in total. The maximum atomic E-state index is 12.3. The van der Waals surface area contributed by atoms with Gasteiger partial charge in [-0.25, -0.2) is 0 Å². The van der Waals surface area contributed by atoms with Crippen molar-refractivity contribution in [1.29, 1.82) is 0 Å². The molecule has 0 radical (unpaired) electrons. The molecular weight excluding hydrogens is 356 g/mol. The molecule has 6 nitrogen and oxygen atoms in total. The van der Waals surface area contributed by atoms with Crippen LogP contribution in [-0.4, -0.2) is 32.1 Å². The second-order valence-corrected chi connectivity index (χ2v) is 6.74. The number of anilines is 1. The third-order valence-corrected chi connectivity index (χ3v) is 4.83. The number of carbonyl (C=O) groups excluding carboxylic acids is 2. The number of benzene rings is 2. The van der Waals surface area contributed by atoms with E-state index in [-0.39, 0.29) is 24.5 Å². The molecule has 0 aromatic heterocycles. The molecule has 28 heavy (non-hydrogen) atoms. The van der Waals surface area contributed by atoms with E-state index in [9.17, 15) is 9.59 Å². The SMILES string of the molecule is CCC(NC(=O)COc1cccc(N2CCCC2=O)c1)c1ccc(OC)cc1. The van der Waals surface area contributed by atoms with Crippen LogP contribution in [0.5, 0.6) is 11.5 Å². The lowest BCUT2D eigenvalue weighted by Crippen LogP contribution is -2.32. The zero-order valence-electron chi connectivity index (χ0n) is 16.3. The van der Waals surface area contributed by atoms with Gasteiger partial charge in [-0.1, -0.05) is 25.1 Å². The molecule has 2 aromatic rings. The summed E-state index contributed by atoms with van der Waals surface area (Å²) in [6.45, 7) is 2.67. The Morgan fingerprint density at radius 2 is 1.96 bits per heavy atom. The van der Waals surface area contributed by atoms with Crippen LogP contribution in [0.25, 0.3) is 0 Å². The zero-order chi connectivity index (χ0) is 19.9. The average Bonchev–Trinajstić information content (AvgIpc) is 3.16. The number of amides is 2. The van der Waals surface area contributed by atoms with Crippen molar-refractivity contribution < 1.29 is 19.1 Å². The Bertz CT molecular complexity index is 820. The van der Waals surface area contributed by atoms with E-state index in [0.717, 1.165) is 36.4 Å². The fraction of sp³-hybridized carbons (Fsp3) is 0.364. The van der Waals surface area contributed by atoms with Crippen molar-refractivity contribution in [2.24, 2.45) is 0 Å². The van der Waals surface area contributed by atoms with Crippen molar-refractivity contribution in [3.05, 3.63) is 54.1 Å². The Balaban J connectivity index is 1.56. The number of ether oxygens (including phenoxy) is 2. The molecule has 1 aliphatic rings. The van der Waals surface area contributed by atoms with E-state index in [1.807, 2.05) is 43.3 Å². The van der Waals surface area contributed by atoms with Gasteiger partial charge in [0.25, 0.3) is 5.91 Å². The van der Waals surface area contributed by atoms with E-state index in [0.29, 0.717) is 12.2 Å². The van der Waals surface area contributed by atoms with Crippen LogP contribution in [0.1, 0.15) is 37.8 Å². The fourth-order valence-corrected chi connectivity index (χ4v) is 3.30. The van der Waals surface area contributed by atoms with Gasteiger partial charge in [-0.2, -0.15) is 0 Å². The van der Waals surface area contributed by atoms with Crippen LogP contribution in [0, 0.1) is 0 Å². The maximum absolute atomic E-state index is 12.3. The van der Waals surface area contributed by atoms with Crippen molar-refractivity contribution in [3.8, 4) is 11.5 Å². The normalized spacial score (nSPS) is 14.6. The van der Waals surface area contributed by atoms with E-state index in [4.69, 9.17) is 9.47 Å². The Labute approximate surface area is 165 Å². The molecule has 2 aromatic carbocycles. The quantitative estimate of drug-likeness (QED) is 0.759. The molecule has 1 saturated heterocycles. The number of nitrogens with one attached hydrogen (secondary N) is 1. The Morgan fingerprint density at radius 3 is 2.61 bits per heavy atom. The van der Waals surface area contributed by atoms with Crippen LogP contribution in [0.3, 0.4) is 0 Å². The Kier molecular flexibility index (Phi) is 6.53. The minimum absolute atomic E-state index is 0.0793. The van der Waals surface area contributed by atoms with Crippen molar-refractivity contribution in [3.63, 3.8) is 0 Å². The second-order valence-electron chi connectivity index (χ2n) is 6.74. The highest BCUT2D eigenvalue weighted by atomic mass is 16.5. The third-order valence-electron chi connectivity index (χ3n) is 4.83. The number of hydrogen-bond donors (Lipinski definition) is 1. The van der Waals surface area contributed by atoms with Gasteiger partial charge in [0.05, 0.1) is 13.2 Å². The molecule has 1 unspecified atom stereocenters. The van der Waals surface area contributed by atoms with Gasteiger partial charge >= 0.3 is 0 Å². The number of nitrogens with zero attached hydrogens (tertiary/aromatic N) is 1. The molecule has 1 atom stereocenters. The smallest absolute Gasteiger partial charge is 0.258 e. The molecule has 0 aliphatic carbocycles. The van der Waals surface area contributed by atoms with Crippen LogP contribution in [0.15, 0.2) is 48.5 Å². The summed E-state index contributed by atoms with van der Waals surface area (Å²) in [5, 5.41) is 3.00. The number of carbonyl (C=O) groups is 2. The Hall–Kier alpha value is -3.02. The standard InChI is InChI=1S/C22H26N2O4/c1-3-20(16-9-11-18(27-2)12-10-16)23-21(25)15-28-19-7-4-6-17(14-19)24-13-5-8-22(24)26/h4,6-7,9-12,14,20H,3,5,8,13,15H2,1-2H3,(H,23,25). The van der Waals surface area contributed by atoms with Crippen LogP contribution in [-0.2, 0) is 9.59 Å². The fourth-order valence-electron chi connectivity index (χ4n) is 3.30. The van der Waals surface area contributed by atoms with Gasteiger partial charge in [0, 0.05) is 24.7 Å². The summed E-state index contributed by atoms with van der Waals surface area (Å²) in [5.41, 5.74) is 1.83. The molecule has 3 rings (SSSR count). The van der Waals surface area contributed by atoms with Gasteiger partial charge < -0.3 is 19.7 Å². The van der Waals surface area contributed by atoms with Crippen LogP contribution < -0.4 is 19.7 Å². The lowest BCUT2D eigenvalue weighted by Gasteiger charge is -2.19. The van der Waals surface area contributed by atoms with Crippen LogP contribution in [0.4, 0.5) is 5.69 Å². The van der Waals surface area contributed by atoms with Gasteiger partial charge in [0.2, 0.25) is 5.91 Å². The number of rotatable bonds is 8. The maximum Gasteiger partial charge on any atom is 0.258 e. The molecule has 1 heterocycles. The number of methoxy groups -OCH3 is 1. The number of hydrogen-bond acceptors (Lipinski definition) is 4. The second kappa shape index (κ2) is 9.26. The predicted octanol–water partition coefficient (Wildman–Crippen LogP) is 3.47. The van der Waals surface area contributed by atoms with Crippen molar-refractivity contribution in [2.75, 3.05) is 25.2 Å². The van der Waals surface area contributed by atoms with E-state index >= 15 is 0 Å². The van der Waals surface area contributed by atoms with Crippen LogP contribution >= 0.6 is 0 Å². The summed E-state index contributed by atoms with van der Waals surface area (Å²) in [5.74, 6) is 1.29. The summed E-state index contributed by atoms with van der Waals surface area (Å²) in [4.78, 5) is 26.0. The zero-order valence-corrected chi connectivity index (χ0v) is 16.3. The monoisotopic (exact) mass is 382 g/mol. The highest BCUT2D eigenvalue weighted by molar-refractivity contribution is 5.95. The molecule has 2 amide bonds. The Morgan fingerprint density at radius 1 is 1.18 bits per heavy atom. The average molecular weight is 382 g/mol. The van der Waals surface area contributed by atoms with Gasteiger partial charge in [-0.15, -0.1) is 0 Å². The van der Waals surface area contributed by atoms with Crippen molar-refractivity contribution >= 4 is 17.5 Å². The van der Waals surface area contributed by atoms with E-state index in [2.05, 4.69) is 5.32 Å². The molecule has 0 saturated carbocycles. The summed E-state index contributed by atoms with van der Waals surface area (Å²) in [6, 6.07) is 14.9. The first kappa shape index (κ1) is 19.7. The highest BCUT2D eigenvalue weighted by Crippen LogP contribution is 2.25. The van der Waals surface area contributed by atoms with Gasteiger partial charge in [-0.05, 0) is 42.7 Å². The van der Waals surface area contributed by atoms with E-state index in [1.165, 1.54) is 0 Å². The molecule has 148 valence electrons. The topological polar surface area (TPSA) is 67.9 Å². The molecule has 0 bridgehead atoms. The van der Waals surface area contributed by atoms with E-state index in [1.54, 1.807) is 24.1 Å². The first-order chi connectivity index (χ1) is 13.6. The summed E-state index contributed by atoms with van der Waals surface area (Å²) < 4.78 is 10.8. The minimum Gasteiger partial charge on any atom is -0.497 e. The molecular formula is C22H26N2O4. The van der Waals surface area contributed by atoms with Crippen molar-refractivity contribution in [2.45, 2.75) is 32.2 Å². The molecule has 1 aliphatic heterocycles. The van der Waals surface area contributed by atoms with Gasteiger partial charge in [0.15, 0.2) is 6.61 Å². The lowest BCUT2D eigenvalue weighted by molar-refractivity contribution is -0.124. The predicted molar refractivity (Wildman–Crippen MR) is 108 cm³/mol. The summed E-state index contributed by atoms with van der Waals surface area (Å²) >= 11 is 0. The van der Waals surface area contributed by atoms with Gasteiger partial charge in [-0.3, -0.25) is 9.59 Å². The highest BCUT2D eigenvalue weighted by Gasteiger charge is 2.22. The molecule has 0 spiro atoms. The first-order valence-electron chi connectivity index (χ1n) is 9.57.